The van der Waals surface area contributed by atoms with E-state index in [0.717, 1.165) is 103 Å². The van der Waals surface area contributed by atoms with Crippen molar-refractivity contribution in [2.45, 2.75) is 102 Å². The minimum Gasteiger partial charge on any atom is -0.450 e. The van der Waals surface area contributed by atoms with E-state index < -0.39 is 0 Å². The van der Waals surface area contributed by atoms with E-state index in [0.29, 0.717) is 42.3 Å². The summed E-state index contributed by atoms with van der Waals surface area (Å²) in [5, 5.41) is 3.88. The molecule has 6 heterocycles. The molecule has 2 aromatic heterocycles. The van der Waals surface area contributed by atoms with Crippen molar-refractivity contribution in [1.29, 1.82) is 0 Å². The minimum atomic E-state index is -0.159. The second kappa shape index (κ2) is 20.2. The zero-order chi connectivity index (χ0) is 36.0. The van der Waals surface area contributed by atoms with E-state index >= 15 is 0 Å². The third kappa shape index (κ3) is 10.9. The first-order chi connectivity index (χ1) is 24.9. The van der Waals surface area contributed by atoms with Gasteiger partial charge in [0.15, 0.2) is 0 Å². The van der Waals surface area contributed by atoms with E-state index in [-0.39, 0.29) is 12.2 Å². The summed E-state index contributed by atoms with van der Waals surface area (Å²) in [6.07, 6.45) is 14.5. The molecule has 11 nitrogen and oxygen atoms in total. The average molecular weight is 726 g/mol. The lowest BCUT2D eigenvalue weighted by molar-refractivity contribution is 0.104. The highest BCUT2D eigenvalue weighted by atomic mass is 35.5. The number of aromatic nitrogens is 2. The van der Waals surface area contributed by atoms with Crippen LogP contribution in [-0.4, -0.2) is 126 Å². The molecule has 4 fully saturated rings. The first-order valence-corrected chi connectivity index (χ1v) is 19.8. The summed E-state index contributed by atoms with van der Waals surface area (Å²) >= 11 is 6.26. The van der Waals surface area contributed by atoms with Crippen molar-refractivity contribution in [3.63, 3.8) is 0 Å². The smallest absolute Gasteiger partial charge is 0.409 e. The van der Waals surface area contributed by atoms with Gasteiger partial charge in [0.2, 0.25) is 0 Å². The molecule has 6 rings (SSSR count). The number of carbonyl (C=O) groups is 2. The number of hydrogen-bond donors (Lipinski definition) is 1. The quantitative estimate of drug-likeness (QED) is 0.296. The van der Waals surface area contributed by atoms with Crippen LogP contribution in [0.1, 0.15) is 101 Å². The van der Waals surface area contributed by atoms with Gasteiger partial charge >= 0.3 is 12.2 Å². The number of pyridine rings is 2. The van der Waals surface area contributed by atoms with Gasteiger partial charge in [0.25, 0.3) is 0 Å². The summed E-state index contributed by atoms with van der Waals surface area (Å²) < 4.78 is 10.3. The highest BCUT2D eigenvalue weighted by molar-refractivity contribution is 6.30. The Kier molecular flexibility index (Phi) is 15.5. The maximum absolute atomic E-state index is 12.0. The SMILES string of the molecule is CCOC(=O)N1CCCC(N2CCC(c3cccnc3Cl)CC2)CC1.CCOC(=O)N1CCCC(N2CCC(c3cccnc3NC)CC2)CC1. The molecule has 0 radical (unpaired) electrons. The lowest BCUT2D eigenvalue weighted by Crippen LogP contribution is -2.41. The third-order valence-electron chi connectivity index (χ3n) is 11.3. The molecule has 4 saturated heterocycles. The Morgan fingerprint density at radius 1 is 0.686 bits per heavy atom. The number of anilines is 1. The van der Waals surface area contributed by atoms with Crippen LogP contribution in [-0.2, 0) is 9.47 Å². The van der Waals surface area contributed by atoms with Crippen LogP contribution in [0.25, 0.3) is 0 Å². The van der Waals surface area contributed by atoms with Gasteiger partial charge in [0.05, 0.1) is 13.2 Å². The molecule has 282 valence electrons. The monoisotopic (exact) mass is 725 g/mol. The van der Waals surface area contributed by atoms with Gasteiger partial charge in [-0.15, -0.1) is 0 Å². The van der Waals surface area contributed by atoms with Gasteiger partial charge in [-0.2, -0.15) is 0 Å². The van der Waals surface area contributed by atoms with Gasteiger partial charge in [-0.05, 0) is 139 Å². The van der Waals surface area contributed by atoms with Crippen LogP contribution in [0.4, 0.5) is 15.4 Å². The van der Waals surface area contributed by atoms with Gasteiger partial charge in [0.1, 0.15) is 11.0 Å². The van der Waals surface area contributed by atoms with Crippen LogP contribution in [0.5, 0.6) is 0 Å². The summed E-state index contributed by atoms with van der Waals surface area (Å²) in [5.74, 6) is 2.12. The minimum absolute atomic E-state index is 0.150. The molecule has 12 heteroatoms. The number of piperidine rings is 2. The molecule has 0 saturated carbocycles. The van der Waals surface area contributed by atoms with E-state index in [9.17, 15) is 9.59 Å². The molecule has 2 aromatic rings. The molecule has 4 aliphatic rings. The summed E-state index contributed by atoms with van der Waals surface area (Å²) in [6, 6.07) is 9.50. The Morgan fingerprint density at radius 2 is 1.16 bits per heavy atom. The van der Waals surface area contributed by atoms with E-state index in [1.54, 1.807) is 6.20 Å². The van der Waals surface area contributed by atoms with Crippen LogP contribution in [0.2, 0.25) is 5.15 Å². The molecule has 0 aromatic carbocycles. The molecule has 2 atom stereocenters. The predicted octanol–water partition coefficient (Wildman–Crippen LogP) is 7.24. The van der Waals surface area contributed by atoms with E-state index in [4.69, 9.17) is 21.1 Å². The number of hydrogen-bond acceptors (Lipinski definition) is 9. The lowest BCUT2D eigenvalue weighted by Gasteiger charge is -2.37. The van der Waals surface area contributed by atoms with Crippen LogP contribution in [0.15, 0.2) is 36.7 Å². The highest BCUT2D eigenvalue weighted by Crippen LogP contribution is 2.35. The largest absolute Gasteiger partial charge is 0.450 e. The second-order valence-electron chi connectivity index (χ2n) is 14.2. The second-order valence-corrected chi connectivity index (χ2v) is 14.6. The number of likely N-dealkylation sites (tertiary alicyclic amines) is 4. The van der Waals surface area contributed by atoms with Crippen molar-refractivity contribution in [2.24, 2.45) is 0 Å². The zero-order valence-corrected chi connectivity index (χ0v) is 31.9. The Morgan fingerprint density at radius 3 is 1.63 bits per heavy atom. The van der Waals surface area contributed by atoms with Crippen LogP contribution >= 0.6 is 11.6 Å². The summed E-state index contributed by atoms with van der Waals surface area (Å²) in [5.41, 5.74) is 2.54. The van der Waals surface area contributed by atoms with Crippen molar-refractivity contribution < 1.29 is 19.1 Å². The molecule has 0 aliphatic carbocycles. The van der Waals surface area contributed by atoms with Crippen LogP contribution in [0.3, 0.4) is 0 Å². The number of halogens is 1. The first-order valence-electron chi connectivity index (χ1n) is 19.5. The molecular weight excluding hydrogens is 666 g/mol. The van der Waals surface area contributed by atoms with Gasteiger partial charge in [0, 0.05) is 57.7 Å². The van der Waals surface area contributed by atoms with Gasteiger partial charge in [-0.3, -0.25) is 0 Å². The van der Waals surface area contributed by atoms with E-state index in [1.807, 2.05) is 49.0 Å². The van der Waals surface area contributed by atoms with Crippen molar-refractivity contribution in [3.05, 3.63) is 52.9 Å². The maximum Gasteiger partial charge on any atom is 0.409 e. The molecule has 2 unspecified atom stereocenters. The number of rotatable bonds is 7. The lowest BCUT2D eigenvalue weighted by atomic mass is 9.88. The Bertz CT molecular complexity index is 1370. The number of carbonyl (C=O) groups excluding carboxylic acids is 2. The van der Waals surface area contributed by atoms with E-state index in [2.05, 4.69) is 37.2 Å². The van der Waals surface area contributed by atoms with Gasteiger partial charge < -0.3 is 34.4 Å². The van der Waals surface area contributed by atoms with Crippen molar-refractivity contribution in [2.75, 3.05) is 77.9 Å². The zero-order valence-electron chi connectivity index (χ0n) is 31.1. The van der Waals surface area contributed by atoms with Crippen molar-refractivity contribution in [1.82, 2.24) is 29.6 Å². The standard InChI is InChI=1S/C20H32N4O2.C19H28ClN3O2/c1-3-26-20(25)24-12-5-6-17(10-15-24)23-13-8-16(9-14-23)18-7-4-11-22-19(18)21-2;1-2-25-19(24)23-11-4-5-16(9-14-23)22-12-7-15(8-13-22)17-6-3-10-21-18(17)20/h4,7,11,16-17H,3,5-6,8-10,12-15H2,1-2H3,(H,21,22);3,6,10,15-16H,2,4-5,7-9,11-14H2,1H3. The van der Waals surface area contributed by atoms with Gasteiger partial charge in [-0.25, -0.2) is 19.6 Å². The first kappa shape index (κ1) is 39.1. The number of nitrogens with one attached hydrogen (secondary N) is 1. The molecule has 0 bridgehead atoms. The molecule has 51 heavy (non-hydrogen) atoms. The van der Waals surface area contributed by atoms with Crippen molar-refractivity contribution in [3.8, 4) is 0 Å². The Hall–Kier alpha value is -3.15. The summed E-state index contributed by atoms with van der Waals surface area (Å²) in [4.78, 5) is 41.6. The topological polar surface area (TPSA) is 103 Å². The van der Waals surface area contributed by atoms with E-state index in [1.165, 1.54) is 30.4 Å². The molecule has 4 aliphatic heterocycles. The normalized spacial score (nSPS) is 23.0. The maximum atomic E-state index is 12.0. The molecule has 0 spiro atoms. The average Bonchev–Trinajstić information content (AvgIpc) is 3.58. The van der Waals surface area contributed by atoms with Crippen LogP contribution < -0.4 is 5.32 Å². The summed E-state index contributed by atoms with van der Waals surface area (Å²) in [7, 11) is 1.95. The fourth-order valence-electron chi connectivity index (χ4n) is 8.49. The Labute approximate surface area is 310 Å². The molecular formula is C39H60ClN7O4. The number of ether oxygens (including phenoxy) is 2. The predicted molar refractivity (Wildman–Crippen MR) is 203 cm³/mol. The van der Waals surface area contributed by atoms with Gasteiger partial charge in [-0.1, -0.05) is 23.7 Å². The Balaban J connectivity index is 0.000000198. The van der Waals surface area contributed by atoms with Crippen molar-refractivity contribution >= 4 is 29.6 Å². The molecule has 2 amide bonds. The fraction of sp³-hybridized carbons (Fsp3) is 0.692. The number of amides is 2. The number of nitrogens with zero attached hydrogens (tertiary/aromatic N) is 6. The highest BCUT2D eigenvalue weighted by Gasteiger charge is 2.31. The third-order valence-corrected chi connectivity index (χ3v) is 11.6. The summed E-state index contributed by atoms with van der Waals surface area (Å²) in [6.45, 7) is 12.3. The molecule has 1 N–H and O–H groups in total. The fourth-order valence-corrected chi connectivity index (χ4v) is 8.77. The van der Waals surface area contributed by atoms with Crippen LogP contribution in [0, 0.1) is 0 Å².